The fourth-order valence-corrected chi connectivity index (χ4v) is 3.86. The minimum absolute atomic E-state index is 0.0938. The third-order valence-electron chi connectivity index (χ3n) is 5.43. The molecule has 0 atom stereocenters. The molecule has 0 aliphatic heterocycles. The second kappa shape index (κ2) is 8.37. The maximum Gasteiger partial charge on any atom is 0.219 e. The van der Waals surface area contributed by atoms with Crippen molar-refractivity contribution in [2.24, 2.45) is 0 Å². The number of imidazole rings is 1. The van der Waals surface area contributed by atoms with Crippen molar-refractivity contribution in [3.63, 3.8) is 0 Å². The van der Waals surface area contributed by atoms with Gasteiger partial charge < -0.3 is 5.11 Å². The zero-order valence-electron chi connectivity index (χ0n) is 17.3. The Morgan fingerprint density at radius 3 is 2.22 bits per heavy atom. The van der Waals surface area contributed by atoms with Crippen molar-refractivity contribution in [3.05, 3.63) is 119 Å². The summed E-state index contributed by atoms with van der Waals surface area (Å²) in [5.74, 6) is 0.0938. The summed E-state index contributed by atoms with van der Waals surface area (Å²) >= 11 is 0. The molecule has 2 heterocycles. The predicted molar refractivity (Wildman–Crippen MR) is 123 cm³/mol. The van der Waals surface area contributed by atoms with Crippen LogP contribution in [0.3, 0.4) is 0 Å². The molecule has 32 heavy (non-hydrogen) atoms. The normalized spacial score (nSPS) is 10.8. The Labute approximate surface area is 185 Å². The SMILES string of the molecule is N#Cc1cccc(Cc2nc3c(Cc4ccccc4)nc(-c4ccccc4)cn3c2O)c1. The molecule has 0 bridgehead atoms. The van der Waals surface area contributed by atoms with Crippen molar-refractivity contribution in [1.82, 2.24) is 14.4 Å². The monoisotopic (exact) mass is 416 g/mol. The van der Waals surface area contributed by atoms with Gasteiger partial charge in [-0.2, -0.15) is 5.26 Å². The second-order valence-electron chi connectivity index (χ2n) is 7.67. The Hall–Kier alpha value is -4.43. The highest BCUT2D eigenvalue weighted by Gasteiger charge is 2.18. The molecule has 0 saturated heterocycles. The van der Waals surface area contributed by atoms with E-state index >= 15 is 0 Å². The predicted octanol–water partition coefficient (Wildman–Crippen LogP) is 5.16. The first-order valence-corrected chi connectivity index (χ1v) is 10.4. The van der Waals surface area contributed by atoms with E-state index in [1.807, 2.05) is 72.9 Å². The summed E-state index contributed by atoms with van der Waals surface area (Å²) in [5.41, 5.74) is 6.36. The molecule has 0 amide bonds. The third kappa shape index (κ3) is 3.82. The molecule has 3 aromatic carbocycles. The molecule has 0 aliphatic rings. The van der Waals surface area contributed by atoms with Crippen molar-refractivity contribution in [2.45, 2.75) is 12.8 Å². The maximum atomic E-state index is 11.0. The fourth-order valence-electron chi connectivity index (χ4n) is 3.86. The molecule has 5 heteroatoms. The minimum atomic E-state index is 0.0938. The van der Waals surface area contributed by atoms with Crippen LogP contribution in [0.15, 0.2) is 91.1 Å². The summed E-state index contributed by atoms with van der Waals surface area (Å²) in [4.78, 5) is 9.68. The zero-order valence-corrected chi connectivity index (χ0v) is 17.3. The van der Waals surface area contributed by atoms with Crippen LogP contribution in [-0.4, -0.2) is 19.5 Å². The van der Waals surface area contributed by atoms with Crippen molar-refractivity contribution in [2.75, 3.05) is 0 Å². The number of rotatable bonds is 5. The van der Waals surface area contributed by atoms with Crippen LogP contribution in [0.4, 0.5) is 0 Å². The molecule has 0 radical (unpaired) electrons. The number of aromatic hydroxyl groups is 1. The number of fused-ring (bicyclic) bond motifs is 1. The lowest BCUT2D eigenvalue weighted by atomic mass is 10.1. The summed E-state index contributed by atoms with van der Waals surface area (Å²) < 4.78 is 1.72. The summed E-state index contributed by atoms with van der Waals surface area (Å²) in [6, 6.07) is 29.6. The average Bonchev–Trinajstić information content (AvgIpc) is 3.16. The van der Waals surface area contributed by atoms with Gasteiger partial charge in [0.25, 0.3) is 0 Å². The number of hydrogen-bond acceptors (Lipinski definition) is 4. The van der Waals surface area contributed by atoms with Crippen molar-refractivity contribution >= 4 is 5.65 Å². The van der Waals surface area contributed by atoms with Crippen LogP contribution in [0.1, 0.15) is 28.1 Å². The van der Waals surface area contributed by atoms with E-state index < -0.39 is 0 Å². The highest BCUT2D eigenvalue weighted by atomic mass is 16.3. The van der Waals surface area contributed by atoms with Gasteiger partial charge in [0.2, 0.25) is 5.88 Å². The largest absolute Gasteiger partial charge is 0.493 e. The smallest absolute Gasteiger partial charge is 0.219 e. The van der Waals surface area contributed by atoms with Crippen LogP contribution in [-0.2, 0) is 12.8 Å². The third-order valence-corrected chi connectivity index (χ3v) is 5.43. The van der Waals surface area contributed by atoms with E-state index in [2.05, 4.69) is 18.2 Å². The highest BCUT2D eigenvalue weighted by molar-refractivity contribution is 5.63. The molecule has 154 valence electrons. The molecule has 1 N–H and O–H groups in total. The van der Waals surface area contributed by atoms with Gasteiger partial charge in [-0.15, -0.1) is 0 Å². The molecule has 0 fully saturated rings. The molecule has 0 saturated carbocycles. The summed E-state index contributed by atoms with van der Waals surface area (Å²) in [6.07, 6.45) is 2.86. The lowest BCUT2D eigenvalue weighted by molar-refractivity contribution is 0.442. The van der Waals surface area contributed by atoms with Gasteiger partial charge in [0, 0.05) is 24.6 Å². The van der Waals surface area contributed by atoms with E-state index in [1.54, 1.807) is 10.5 Å². The quantitative estimate of drug-likeness (QED) is 0.430. The number of benzene rings is 3. The van der Waals surface area contributed by atoms with Crippen LogP contribution in [0.2, 0.25) is 0 Å². The van der Waals surface area contributed by atoms with E-state index in [0.717, 1.165) is 28.1 Å². The molecule has 0 aliphatic carbocycles. The van der Waals surface area contributed by atoms with Crippen LogP contribution in [0.5, 0.6) is 5.88 Å². The molecular weight excluding hydrogens is 396 g/mol. The van der Waals surface area contributed by atoms with E-state index in [0.29, 0.717) is 29.7 Å². The standard InChI is InChI=1S/C27H20N4O/c28-17-21-11-7-10-20(14-21)16-24-27(32)31-18-25(22-12-5-2-6-13-22)29-23(26(31)30-24)15-19-8-3-1-4-9-19/h1-14,18,32H,15-16H2. The van der Waals surface area contributed by atoms with Crippen LogP contribution in [0.25, 0.3) is 16.9 Å². The minimum Gasteiger partial charge on any atom is -0.493 e. The highest BCUT2D eigenvalue weighted by Crippen LogP contribution is 2.28. The van der Waals surface area contributed by atoms with E-state index in [-0.39, 0.29) is 5.88 Å². The summed E-state index contributed by atoms with van der Waals surface area (Å²) in [7, 11) is 0. The van der Waals surface area contributed by atoms with Gasteiger partial charge in [0.1, 0.15) is 5.69 Å². The topological polar surface area (TPSA) is 74.2 Å². The van der Waals surface area contributed by atoms with E-state index in [4.69, 9.17) is 9.97 Å². The van der Waals surface area contributed by atoms with Crippen LogP contribution in [0, 0.1) is 11.3 Å². The summed E-state index contributed by atoms with van der Waals surface area (Å²) in [6.45, 7) is 0. The molecule has 2 aromatic heterocycles. The van der Waals surface area contributed by atoms with Crippen LogP contribution < -0.4 is 0 Å². The van der Waals surface area contributed by atoms with Gasteiger partial charge in [-0.25, -0.2) is 9.97 Å². The van der Waals surface area contributed by atoms with E-state index in [9.17, 15) is 10.4 Å². The Kier molecular flexibility index (Phi) is 5.11. The van der Waals surface area contributed by atoms with Gasteiger partial charge in [0.05, 0.1) is 23.0 Å². The molecule has 5 rings (SSSR count). The number of nitrogens with zero attached hydrogens (tertiary/aromatic N) is 4. The Bertz CT molecular complexity index is 1430. The van der Waals surface area contributed by atoms with Gasteiger partial charge in [-0.1, -0.05) is 72.8 Å². The molecule has 0 spiro atoms. The van der Waals surface area contributed by atoms with E-state index in [1.165, 1.54) is 0 Å². The Morgan fingerprint density at radius 1 is 0.781 bits per heavy atom. The Morgan fingerprint density at radius 2 is 1.47 bits per heavy atom. The number of aromatic nitrogens is 3. The van der Waals surface area contributed by atoms with Crippen molar-refractivity contribution in [1.29, 1.82) is 5.26 Å². The first-order valence-electron chi connectivity index (χ1n) is 10.4. The molecule has 5 nitrogen and oxygen atoms in total. The lowest BCUT2D eigenvalue weighted by Crippen LogP contribution is -2.00. The first kappa shape index (κ1) is 19.5. The average molecular weight is 416 g/mol. The number of hydrogen-bond donors (Lipinski definition) is 1. The molecule has 5 aromatic rings. The zero-order chi connectivity index (χ0) is 21.9. The fraction of sp³-hybridized carbons (Fsp3) is 0.0741. The second-order valence-corrected chi connectivity index (χ2v) is 7.67. The lowest BCUT2D eigenvalue weighted by Gasteiger charge is -2.08. The van der Waals surface area contributed by atoms with Gasteiger partial charge in [-0.05, 0) is 23.3 Å². The molecule has 0 unspecified atom stereocenters. The number of nitriles is 1. The van der Waals surface area contributed by atoms with Crippen molar-refractivity contribution in [3.8, 4) is 23.2 Å². The Balaban J connectivity index is 1.64. The van der Waals surface area contributed by atoms with Gasteiger partial charge in [0.15, 0.2) is 5.65 Å². The molecular formula is C27H20N4O. The summed E-state index contributed by atoms with van der Waals surface area (Å²) in [5, 5.41) is 20.2. The maximum absolute atomic E-state index is 11.0. The van der Waals surface area contributed by atoms with Gasteiger partial charge >= 0.3 is 0 Å². The first-order chi connectivity index (χ1) is 15.7. The van der Waals surface area contributed by atoms with Crippen molar-refractivity contribution < 1.29 is 5.11 Å². The van der Waals surface area contributed by atoms with Crippen LogP contribution >= 0.6 is 0 Å². The van der Waals surface area contributed by atoms with Gasteiger partial charge in [-0.3, -0.25) is 4.40 Å².